The van der Waals surface area contributed by atoms with E-state index in [1.165, 1.54) is 16.7 Å². The van der Waals surface area contributed by atoms with Gasteiger partial charge in [-0.25, -0.2) is 4.98 Å². The van der Waals surface area contributed by atoms with Gasteiger partial charge in [0.1, 0.15) is 5.82 Å². The maximum absolute atomic E-state index is 11.9. The van der Waals surface area contributed by atoms with E-state index in [0.29, 0.717) is 12.1 Å². The molecule has 5 heteroatoms. The van der Waals surface area contributed by atoms with Crippen molar-refractivity contribution in [3.63, 3.8) is 0 Å². The number of carbonyl (C=O) groups excluding carboxylic acids is 1. The van der Waals surface area contributed by atoms with Crippen LogP contribution in [0.25, 0.3) is 0 Å². The first kappa shape index (κ1) is 16.5. The number of anilines is 1. The number of nitrogens with zero attached hydrogens (tertiary/aromatic N) is 1. The number of amides is 1. The Bertz CT molecular complexity index is 697. The van der Waals surface area contributed by atoms with Gasteiger partial charge >= 0.3 is 0 Å². The Balaban J connectivity index is 1.62. The van der Waals surface area contributed by atoms with Gasteiger partial charge < -0.3 is 16.0 Å². The summed E-state index contributed by atoms with van der Waals surface area (Å²) in [6, 6.07) is 10.1. The second kappa shape index (κ2) is 7.93. The first-order chi connectivity index (χ1) is 11.8. The molecule has 3 rings (SSSR count). The lowest BCUT2D eigenvalue weighted by molar-refractivity contribution is 0.0953. The third-order valence-electron chi connectivity index (χ3n) is 4.26. The number of hydrogen-bond donors (Lipinski definition) is 3. The highest BCUT2D eigenvalue weighted by molar-refractivity contribution is 5.94. The molecule has 0 unspecified atom stereocenters. The van der Waals surface area contributed by atoms with Crippen LogP contribution < -0.4 is 16.0 Å². The third kappa shape index (κ3) is 3.92. The number of fused-ring (bicyclic) bond motifs is 1. The van der Waals surface area contributed by atoms with Crippen LogP contribution in [-0.4, -0.2) is 24.0 Å². The summed E-state index contributed by atoms with van der Waals surface area (Å²) in [5.41, 5.74) is 4.74. The van der Waals surface area contributed by atoms with Crippen LogP contribution in [0.3, 0.4) is 0 Å². The summed E-state index contributed by atoms with van der Waals surface area (Å²) in [4.78, 5) is 16.2. The SMILES string of the molecule is CCCNC(=O)c1ccc(NCc2cccc3c2CCNC3)nc1. The van der Waals surface area contributed by atoms with Gasteiger partial charge in [-0.15, -0.1) is 0 Å². The largest absolute Gasteiger partial charge is 0.366 e. The minimum atomic E-state index is -0.0690. The smallest absolute Gasteiger partial charge is 0.252 e. The van der Waals surface area contributed by atoms with Gasteiger partial charge in [-0.3, -0.25) is 4.79 Å². The van der Waals surface area contributed by atoms with E-state index in [4.69, 9.17) is 0 Å². The molecule has 5 nitrogen and oxygen atoms in total. The monoisotopic (exact) mass is 324 g/mol. The van der Waals surface area contributed by atoms with Crippen molar-refractivity contribution in [3.05, 3.63) is 58.8 Å². The molecule has 0 atom stereocenters. The van der Waals surface area contributed by atoms with Crippen molar-refractivity contribution in [2.45, 2.75) is 32.9 Å². The van der Waals surface area contributed by atoms with Crippen LogP contribution in [-0.2, 0) is 19.5 Å². The van der Waals surface area contributed by atoms with Crippen LogP contribution in [0, 0.1) is 0 Å². The molecule has 1 aliphatic rings. The molecule has 0 saturated carbocycles. The Morgan fingerprint density at radius 3 is 3.00 bits per heavy atom. The topological polar surface area (TPSA) is 66.1 Å². The first-order valence-electron chi connectivity index (χ1n) is 8.56. The minimum absolute atomic E-state index is 0.0690. The number of rotatable bonds is 6. The van der Waals surface area contributed by atoms with E-state index >= 15 is 0 Å². The Labute approximate surface area is 142 Å². The molecule has 126 valence electrons. The van der Waals surface area contributed by atoms with Crippen molar-refractivity contribution in [1.29, 1.82) is 0 Å². The predicted molar refractivity (Wildman–Crippen MR) is 96.0 cm³/mol. The highest BCUT2D eigenvalue weighted by Crippen LogP contribution is 2.19. The van der Waals surface area contributed by atoms with Gasteiger partial charge in [-0.1, -0.05) is 25.1 Å². The Morgan fingerprint density at radius 2 is 2.21 bits per heavy atom. The third-order valence-corrected chi connectivity index (χ3v) is 4.26. The van der Waals surface area contributed by atoms with Gasteiger partial charge in [0, 0.05) is 25.8 Å². The average molecular weight is 324 g/mol. The van der Waals surface area contributed by atoms with Crippen molar-refractivity contribution < 1.29 is 4.79 Å². The zero-order chi connectivity index (χ0) is 16.8. The normalized spacial score (nSPS) is 13.2. The van der Waals surface area contributed by atoms with E-state index in [9.17, 15) is 4.79 Å². The second-order valence-corrected chi connectivity index (χ2v) is 6.02. The highest BCUT2D eigenvalue weighted by atomic mass is 16.1. The molecule has 1 amide bonds. The van der Waals surface area contributed by atoms with E-state index in [-0.39, 0.29) is 5.91 Å². The van der Waals surface area contributed by atoms with Crippen LogP contribution in [0.15, 0.2) is 36.5 Å². The Hall–Kier alpha value is -2.40. The van der Waals surface area contributed by atoms with Crippen molar-refractivity contribution in [2.75, 3.05) is 18.4 Å². The van der Waals surface area contributed by atoms with Crippen molar-refractivity contribution in [2.24, 2.45) is 0 Å². The number of benzene rings is 1. The Kier molecular flexibility index (Phi) is 5.43. The molecule has 0 aliphatic carbocycles. The molecule has 0 bridgehead atoms. The second-order valence-electron chi connectivity index (χ2n) is 6.02. The van der Waals surface area contributed by atoms with Crippen LogP contribution in [0.1, 0.15) is 40.4 Å². The van der Waals surface area contributed by atoms with Crippen molar-refractivity contribution in [1.82, 2.24) is 15.6 Å². The number of nitrogens with one attached hydrogen (secondary N) is 3. The maximum Gasteiger partial charge on any atom is 0.252 e. The van der Waals surface area contributed by atoms with E-state index < -0.39 is 0 Å². The molecule has 0 fully saturated rings. The summed E-state index contributed by atoms with van der Waals surface area (Å²) >= 11 is 0. The van der Waals surface area contributed by atoms with Gasteiger partial charge in [-0.2, -0.15) is 0 Å². The summed E-state index contributed by atoms with van der Waals surface area (Å²) in [5, 5.41) is 9.61. The fourth-order valence-corrected chi connectivity index (χ4v) is 2.94. The molecular formula is C19H24N4O. The molecule has 3 N–H and O–H groups in total. The van der Waals surface area contributed by atoms with Crippen LogP contribution >= 0.6 is 0 Å². The lowest BCUT2D eigenvalue weighted by atomic mass is 9.95. The fourth-order valence-electron chi connectivity index (χ4n) is 2.94. The van der Waals surface area contributed by atoms with Crippen LogP contribution in [0.4, 0.5) is 5.82 Å². The number of pyridine rings is 1. The molecule has 2 aromatic rings. The zero-order valence-corrected chi connectivity index (χ0v) is 14.1. The van der Waals surface area contributed by atoms with E-state index in [0.717, 1.165) is 38.3 Å². The van der Waals surface area contributed by atoms with Gasteiger partial charge in [0.2, 0.25) is 0 Å². The highest BCUT2D eigenvalue weighted by Gasteiger charge is 2.12. The summed E-state index contributed by atoms with van der Waals surface area (Å²) in [7, 11) is 0. The van der Waals surface area contributed by atoms with Crippen LogP contribution in [0.5, 0.6) is 0 Å². The summed E-state index contributed by atoms with van der Waals surface area (Å²) in [6.45, 7) is 5.45. The summed E-state index contributed by atoms with van der Waals surface area (Å²) in [5.74, 6) is 0.717. The van der Waals surface area contributed by atoms with Crippen molar-refractivity contribution in [3.8, 4) is 0 Å². The lowest BCUT2D eigenvalue weighted by Gasteiger charge is -2.20. The number of carbonyl (C=O) groups is 1. The van der Waals surface area contributed by atoms with E-state index in [1.807, 2.05) is 19.1 Å². The fraction of sp³-hybridized carbons (Fsp3) is 0.368. The van der Waals surface area contributed by atoms with E-state index in [2.05, 4.69) is 39.1 Å². The van der Waals surface area contributed by atoms with Gasteiger partial charge in [0.05, 0.1) is 5.56 Å². The molecule has 2 heterocycles. The first-order valence-corrected chi connectivity index (χ1v) is 8.56. The molecule has 1 aromatic heterocycles. The Morgan fingerprint density at radius 1 is 1.29 bits per heavy atom. The quantitative estimate of drug-likeness (QED) is 0.764. The van der Waals surface area contributed by atoms with Crippen molar-refractivity contribution >= 4 is 11.7 Å². The predicted octanol–water partition coefficient (Wildman–Crippen LogP) is 2.48. The number of hydrogen-bond acceptors (Lipinski definition) is 4. The molecular weight excluding hydrogens is 300 g/mol. The van der Waals surface area contributed by atoms with E-state index in [1.54, 1.807) is 6.20 Å². The van der Waals surface area contributed by atoms with Gasteiger partial charge in [0.15, 0.2) is 0 Å². The summed E-state index contributed by atoms with van der Waals surface area (Å²) < 4.78 is 0. The minimum Gasteiger partial charge on any atom is -0.366 e. The molecule has 0 radical (unpaired) electrons. The average Bonchev–Trinajstić information content (AvgIpc) is 2.64. The standard InChI is InChI=1S/C19H24N4O/c1-2-9-21-19(24)16-6-7-18(23-13-16)22-12-15-5-3-4-14-11-20-10-8-17(14)15/h3-7,13,20H,2,8-12H2,1H3,(H,21,24)(H,22,23). The summed E-state index contributed by atoms with van der Waals surface area (Å²) in [6.07, 6.45) is 3.62. The molecule has 24 heavy (non-hydrogen) atoms. The lowest BCUT2D eigenvalue weighted by Crippen LogP contribution is -2.25. The van der Waals surface area contributed by atoms with Crippen LogP contribution in [0.2, 0.25) is 0 Å². The molecule has 1 aliphatic heterocycles. The van der Waals surface area contributed by atoms with Gasteiger partial charge in [-0.05, 0) is 48.2 Å². The molecule has 0 spiro atoms. The zero-order valence-electron chi connectivity index (χ0n) is 14.1. The number of aromatic nitrogens is 1. The molecule has 1 aromatic carbocycles. The molecule has 0 saturated heterocycles. The maximum atomic E-state index is 11.9. The van der Waals surface area contributed by atoms with Gasteiger partial charge in [0.25, 0.3) is 5.91 Å².